The summed E-state index contributed by atoms with van der Waals surface area (Å²) in [7, 11) is 0. The molecule has 0 saturated carbocycles. The second-order valence-corrected chi connectivity index (χ2v) is 4.18. The maximum Gasteiger partial charge on any atom is 0.225 e. The van der Waals surface area contributed by atoms with Crippen LogP contribution in [-0.4, -0.2) is 23.1 Å². The Morgan fingerprint density at radius 2 is 2.25 bits per heavy atom. The molecule has 4 nitrogen and oxygen atoms in total. The minimum absolute atomic E-state index is 0.642. The van der Waals surface area contributed by atoms with E-state index in [0.29, 0.717) is 24.4 Å². The highest BCUT2D eigenvalue weighted by Crippen LogP contribution is 2.09. The van der Waals surface area contributed by atoms with Gasteiger partial charge in [-0.15, -0.1) is 0 Å². The smallest absolute Gasteiger partial charge is 0.225 e. The molecule has 0 saturated heterocycles. The van der Waals surface area contributed by atoms with E-state index in [4.69, 9.17) is 4.74 Å². The summed E-state index contributed by atoms with van der Waals surface area (Å²) < 4.78 is 5.43. The van der Waals surface area contributed by atoms with Gasteiger partial charge in [0.15, 0.2) is 0 Å². The molecule has 0 aliphatic heterocycles. The van der Waals surface area contributed by atoms with Gasteiger partial charge in [0, 0.05) is 18.8 Å². The number of anilines is 1. The standard InChI is InChI=1S/C12H21N3O/c1-4-9-16-11-6-8-14-12(15-11)13-7-5-10(2)3/h6,8,10H,4-5,7,9H2,1-3H3,(H,13,14,15). The topological polar surface area (TPSA) is 47.0 Å². The van der Waals surface area contributed by atoms with Gasteiger partial charge in [-0.1, -0.05) is 20.8 Å². The monoisotopic (exact) mass is 223 g/mol. The first-order valence-electron chi connectivity index (χ1n) is 5.92. The summed E-state index contributed by atoms with van der Waals surface area (Å²) in [5.41, 5.74) is 0. The predicted octanol–water partition coefficient (Wildman–Crippen LogP) is 2.72. The second kappa shape index (κ2) is 7.04. The van der Waals surface area contributed by atoms with E-state index in [-0.39, 0.29) is 0 Å². The van der Waals surface area contributed by atoms with Crippen molar-refractivity contribution in [2.24, 2.45) is 5.92 Å². The quantitative estimate of drug-likeness (QED) is 0.772. The van der Waals surface area contributed by atoms with Crippen LogP contribution in [0.25, 0.3) is 0 Å². The molecule has 90 valence electrons. The molecule has 0 amide bonds. The molecule has 1 heterocycles. The van der Waals surface area contributed by atoms with E-state index in [2.05, 4.69) is 36.1 Å². The Balaban J connectivity index is 2.40. The summed E-state index contributed by atoms with van der Waals surface area (Å²) in [5.74, 6) is 1.98. The molecular weight excluding hydrogens is 202 g/mol. The van der Waals surface area contributed by atoms with Gasteiger partial charge in [-0.25, -0.2) is 4.98 Å². The van der Waals surface area contributed by atoms with Crippen molar-refractivity contribution in [1.82, 2.24) is 9.97 Å². The Morgan fingerprint density at radius 1 is 1.44 bits per heavy atom. The van der Waals surface area contributed by atoms with E-state index >= 15 is 0 Å². The highest BCUT2D eigenvalue weighted by atomic mass is 16.5. The summed E-state index contributed by atoms with van der Waals surface area (Å²) in [6.45, 7) is 8.06. The maximum absolute atomic E-state index is 5.43. The fraction of sp³-hybridized carbons (Fsp3) is 0.667. The number of hydrogen-bond acceptors (Lipinski definition) is 4. The van der Waals surface area contributed by atoms with Crippen molar-refractivity contribution in [1.29, 1.82) is 0 Å². The molecule has 1 aromatic rings. The molecule has 0 radical (unpaired) electrons. The number of aromatic nitrogens is 2. The maximum atomic E-state index is 5.43. The van der Waals surface area contributed by atoms with E-state index in [1.165, 1.54) is 0 Å². The molecule has 1 aromatic heterocycles. The number of hydrogen-bond donors (Lipinski definition) is 1. The summed E-state index contributed by atoms with van der Waals surface area (Å²) in [4.78, 5) is 8.40. The van der Waals surface area contributed by atoms with Crippen LogP contribution in [0.4, 0.5) is 5.95 Å². The molecule has 4 heteroatoms. The summed E-state index contributed by atoms with van der Waals surface area (Å²) in [6, 6.07) is 1.78. The van der Waals surface area contributed by atoms with E-state index in [9.17, 15) is 0 Å². The first-order valence-corrected chi connectivity index (χ1v) is 5.92. The molecule has 0 atom stereocenters. The van der Waals surface area contributed by atoms with Crippen molar-refractivity contribution in [3.63, 3.8) is 0 Å². The first kappa shape index (κ1) is 12.7. The summed E-state index contributed by atoms with van der Waals surface area (Å²) in [6.07, 6.45) is 3.82. The molecular formula is C12H21N3O. The van der Waals surface area contributed by atoms with Crippen molar-refractivity contribution in [3.8, 4) is 5.88 Å². The summed E-state index contributed by atoms with van der Waals surface area (Å²) >= 11 is 0. The van der Waals surface area contributed by atoms with Gasteiger partial charge in [0.1, 0.15) is 0 Å². The molecule has 1 rings (SSSR count). The van der Waals surface area contributed by atoms with Crippen molar-refractivity contribution in [2.45, 2.75) is 33.6 Å². The lowest BCUT2D eigenvalue weighted by Gasteiger charge is -2.08. The van der Waals surface area contributed by atoms with Crippen LogP contribution in [0.1, 0.15) is 33.6 Å². The number of ether oxygens (including phenoxy) is 1. The van der Waals surface area contributed by atoms with Gasteiger partial charge in [-0.05, 0) is 18.8 Å². The molecule has 1 N–H and O–H groups in total. The lowest BCUT2D eigenvalue weighted by atomic mass is 10.1. The van der Waals surface area contributed by atoms with Crippen LogP contribution in [0.5, 0.6) is 5.88 Å². The van der Waals surface area contributed by atoms with Gasteiger partial charge in [-0.3, -0.25) is 0 Å². The SMILES string of the molecule is CCCOc1ccnc(NCCC(C)C)n1. The molecule has 0 bridgehead atoms. The molecule has 0 aliphatic carbocycles. The van der Waals surface area contributed by atoms with Gasteiger partial charge in [0.25, 0.3) is 0 Å². The summed E-state index contributed by atoms with van der Waals surface area (Å²) in [5, 5.41) is 3.19. The zero-order valence-electron chi connectivity index (χ0n) is 10.4. The van der Waals surface area contributed by atoms with E-state index < -0.39 is 0 Å². The predicted molar refractivity (Wildman–Crippen MR) is 65.8 cm³/mol. The third kappa shape index (κ3) is 4.96. The Bertz CT molecular complexity index is 302. The molecule has 0 aromatic carbocycles. The van der Waals surface area contributed by atoms with Crippen LogP contribution in [0, 0.1) is 5.92 Å². The third-order valence-electron chi connectivity index (χ3n) is 2.09. The van der Waals surface area contributed by atoms with E-state index in [1.54, 1.807) is 12.3 Å². The van der Waals surface area contributed by atoms with Crippen LogP contribution >= 0.6 is 0 Å². The zero-order valence-corrected chi connectivity index (χ0v) is 10.4. The van der Waals surface area contributed by atoms with Gasteiger partial charge >= 0.3 is 0 Å². The Morgan fingerprint density at radius 3 is 2.94 bits per heavy atom. The van der Waals surface area contributed by atoms with Crippen molar-refractivity contribution >= 4 is 5.95 Å². The second-order valence-electron chi connectivity index (χ2n) is 4.18. The third-order valence-corrected chi connectivity index (χ3v) is 2.09. The number of nitrogens with one attached hydrogen (secondary N) is 1. The van der Waals surface area contributed by atoms with Crippen molar-refractivity contribution < 1.29 is 4.74 Å². The van der Waals surface area contributed by atoms with Crippen molar-refractivity contribution in [2.75, 3.05) is 18.5 Å². The van der Waals surface area contributed by atoms with E-state index in [0.717, 1.165) is 19.4 Å². The molecule has 16 heavy (non-hydrogen) atoms. The first-order chi connectivity index (χ1) is 7.72. The largest absolute Gasteiger partial charge is 0.478 e. The zero-order chi connectivity index (χ0) is 11.8. The normalized spacial score (nSPS) is 10.5. The van der Waals surface area contributed by atoms with Crippen LogP contribution in [0.15, 0.2) is 12.3 Å². The minimum atomic E-state index is 0.642. The van der Waals surface area contributed by atoms with Gasteiger partial charge < -0.3 is 10.1 Å². The van der Waals surface area contributed by atoms with Crippen LogP contribution in [0.3, 0.4) is 0 Å². The number of rotatable bonds is 7. The molecule has 0 unspecified atom stereocenters. The highest BCUT2D eigenvalue weighted by molar-refractivity contribution is 5.27. The van der Waals surface area contributed by atoms with Gasteiger partial charge in [0.2, 0.25) is 11.8 Å². The average molecular weight is 223 g/mol. The molecule has 0 fully saturated rings. The van der Waals surface area contributed by atoms with Gasteiger partial charge in [-0.2, -0.15) is 4.98 Å². The Hall–Kier alpha value is -1.32. The Labute approximate surface area is 97.5 Å². The average Bonchev–Trinajstić information content (AvgIpc) is 2.26. The van der Waals surface area contributed by atoms with Crippen LogP contribution in [0.2, 0.25) is 0 Å². The Kier molecular flexibility index (Phi) is 5.61. The highest BCUT2D eigenvalue weighted by Gasteiger charge is 2.00. The lowest BCUT2D eigenvalue weighted by Crippen LogP contribution is -2.08. The molecule has 0 aliphatic rings. The van der Waals surface area contributed by atoms with Gasteiger partial charge in [0.05, 0.1) is 6.61 Å². The molecule has 0 spiro atoms. The lowest BCUT2D eigenvalue weighted by molar-refractivity contribution is 0.305. The minimum Gasteiger partial charge on any atom is -0.478 e. The number of nitrogens with zero attached hydrogens (tertiary/aromatic N) is 2. The fourth-order valence-electron chi connectivity index (χ4n) is 1.19. The fourth-order valence-corrected chi connectivity index (χ4v) is 1.19. The van der Waals surface area contributed by atoms with E-state index in [1.807, 2.05) is 0 Å². The van der Waals surface area contributed by atoms with Crippen LogP contribution < -0.4 is 10.1 Å². The van der Waals surface area contributed by atoms with Crippen molar-refractivity contribution in [3.05, 3.63) is 12.3 Å². The van der Waals surface area contributed by atoms with Crippen LogP contribution in [-0.2, 0) is 0 Å².